The highest BCUT2D eigenvalue weighted by atomic mass is 79.9. The number of likely N-dealkylation sites (tertiary alicyclic amines) is 1. The van der Waals surface area contributed by atoms with Crippen LogP contribution < -0.4 is 5.73 Å². The maximum Gasteiger partial charge on any atom is 0.0575 e. The topological polar surface area (TPSA) is 29.3 Å². The molecular weight excluding hydrogens is 284 g/mol. The molecule has 2 heterocycles. The Morgan fingerprint density at radius 2 is 2.12 bits per heavy atom. The van der Waals surface area contributed by atoms with Crippen LogP contribution >= 0.6 is 27.3 Å². The molecule has 0 amide bonds. The van der Waals surface area contributed by atoms with Gasteiger partial charge in [-0.2, -0.15) is 0 Å². The highest BCUT2D eigenvalue weighted by Gasteiger charge is 2.32. The monoisotopic (exact) mass is 302 g/mol. The van der Waals surface area contributed by atoms with Gasteiger partial charge >= 0.3 is 0 Å². The van der Waals surface area contributed by atoms with Gasteiger partial charge in [-0.3, -0.25) is 4.90 Å². The molecule has 3 unspecified atom stereocenters. The molecule has 0 bridgehead atoms. The Hall–Kier alpha value is 0.100. The largest absolute Gasteiger partial charge is 0.329 e. The summed E-state index contributed by atoms with van der Waals surface area (Å²) in [7, 11) is 0. The van der Waals surface area contributed by atoms with Crippen LogP contribution in [0.4, 0.5) is 0 Å². The molecular formula is C12H19BrN2S. The van der Waals surface area contributed by atoms with Crippen molar-refractivity contribution < 1.29 is 0 Å². The van der Waals surface area contributed by atoms with Crippen LogP contribution in [0.1, 0.15) is 24.8 Å². The van der Waals surface area contributed by atoms with Gasteiger partial charge in [0.05, 0.1) is 6.04 Å². The summed E-state index contributed by atoms with van der Waals surface area (Å²) in [4.78, 5) is 3.91. The molecule has 1 saturated heterocycles. The quantitative estimate of drug-likeness (QED) is 0.930. The summed E-state index contributed by atoms with van der Waals surface area (Å²) < 4.78 is 1.21. The van der Waals surface area contributed by atoms with Gasteiger partial charge in [-0.15, -0.1) is 11.3 Å². The van der Waals surface area contributed by atoms with E-state index in [1.165, 1.54) is 22.4 Å². The first-order chi connectivity index (χ1) is 7.63. The lowest BCUT2D eigenvalue weighted by Crippen LogP contribution is -2.31. The average Bonchev–Trinajstić information content (AvgIpc) is 2.78. The third-order valence-corrected chi connectivity index (χ3v) is 5.60. The van der Waals surface area contributed by atoms with E-state index in [0.29, 0.717) is 12.6 Å². The number of hydrogen-bond donors (Lipinski definition) is 1. The zero-order valence-electron chi connectivity index (χ0n) is 9.82. The molecule has 1 aliphatic rings. The van der Waals surface area contributed by atoms with Crippen molar-refractivity contribution in [1.82, 2.24) is 4.90 Å². The standard InChI is InChI=1S/C12H19BrN2S/c1-8-6-15(7-9(8)2)11(5-14)12-10(13)3-4-16-12/h3-4,8-9,11H,5-7,14H2,1-2H3. The Labute approximate surface area is 110 Å². The number of thiophene rings is 1. The second kappa shape index (κ2) is 5.17. The number of rotatable bonds is 3. The molecule has 1 aromatic heterocycles. The fourth-order valence-electron chi connectivity index (χ4n) is 2.39. The van der Waals surface area contributed by atoms with Crippen LogP contribution in [0.25, 0.3) is 0 Å². The summed E-state index contributed by atoms with van der Waals surface area (Å²) in [5, 5.41) is 2.13. The third kappa shape index (κ3) is 2.35. The number of nitrogens with zero attached hydrogens (tertiary/aromatic N) is 1. The van der Waals surface area contributed by atoms with Gasteiger partial charge in [-0.1, -0.05) is 13.8 Å². The zero-order chi connectivity index (χ0) is 11.7. The summed E-state index contributed by atoms with van der Waals surface area (Å²) in [6.45, 7) is 7.72. The van der Waals surface area contributed by atoms with Crippen LogP contribution in [0.2, 0.25) is 0 Å². The summed E-state index contributed by atoms with van der Waals surface area (Å²) in [6.07, 6.45) is 0. The van der Waals surface area contributed by atoms with Crippen molar-refractivity contribution in [1.29, 1.82) is 0 Å². The van der Waals surface area contributed by atoms with Crippen LogP contribution in [0.15, 0.2) is 15.9 Å². The predicted molar refractivity (Wildman–Crippen MR) is 73.7 cm³/mol. The van der Waals surface area contributed by atoms with Gasteiger partial charge in [0, 0.05) is 29.0 Å². The molecule has 0 spiro atoms. The first kappa shape index (κ1) is 12.6. The average molecular weight is 303 g/mol. The van der Waals surface area contributed by atoms with Crippen LogP contribution in [-0.4, -0.2) is 24.5 Å². The van der Waals surface area contributed by atoms with Crippen LogP contribution in [0.3, 0.4) is 0 Å². The lowest BCUT2D eigenvalue weighted by molar-refractivity contribution is 0.243. The minimum Gasteiger partial charge on any atom is -0.329 e. The van der Waals surface area contributed by atoms with E-state index in [0.717, 1.165) is 11.8 Å². The van der Waals surface area contributed by atoms with Crippen molar-refractivity contribution in [2.75, 3.05) is 19.6 Å². The molecule has 0 saturated carbocycles. The van der Waals surface area contributed by atoms with Crippen LogP contribution in [-0.2, 0) is 0 Å². The second-order valence-electron chi connectivity index (χ2n) is 4.79. The van der Waals surface area contributed by atoms with E-state index in [-0.39, 0.29) is 0 Å². The van der Waals surface area contributed by atoms with E-state index < -0.39 is 0 Å². The smallest absolute Gasteiger partial charge is 0.0575 e. The van der Waals surface area contributed by atoms with Gasteiger partial charge in [0.1, 0.15) is 0 Å². The summed E-state index contributed by atoms with van der Waals surface area (Å²) in [6, 6.07) is 2.51. The molecule has 16 heavy (non-hydrogen) atoms. The van der Waals surface area contributed by atoms with Crippen molar-refractivity contribution >= 4 is 27.3 Å². The van der Waals surface area contributed by atoms with Crippen molar-refractivity contribution in [2.24, 2.45) is 17.6 Å². The van der Waals surface area contributed by atoms with Gasteiger partial charge in [-0.25, -0.2) is 0 Å². The van der Waals surface area contributed by atoms with Gasteiger partial charge in [0.2, 0.25) is 0 Å². The number of hydrogen-bond acceptors (Lipinski definition) is 3. The Morgan fingerprint density at radius 3 is 2.56 bits per heavy atom. The fourth-order valence-corrected chi connectivity index (χ4v) is 4.18. The van der Waals surface area contributed by atoms with Gasteiger partial charge in [0.15, 0.2) is 0 Å². The minimum absolute atomic E-state index is 0.391. The lowest BCUT2D eigenvalue weighted by atomic mass is 10.0. The first-order valence-corrected chi connectivity index (χ1v) is 7.47. The van der Waals surface area contributed by atoms with Crippen molar-refractivity contribution in [3.05, 3.63) is 20.8 Å². The van der Waals surface area contributed by atoms with Crippen LogP contribution in [0, 0.1) is 11.8 Å². The Kier molecular flexibility index (Phi) is 4.06. The molecule has 0 aliphatic carbocycles. The Balaban J connectivity index is 2.15. The van der Waals surface area contributed by atoms with Crippen LogP contribution in [0.5, 0.6) is 0 Å². The minimum atomic E-state index is 0.391. The molecule has 3 atom stereocenters. The van der Waals surface area contributed by atoms with E-state index in [9.17, 15) is 0 Å². The maximum absolute atomic E-state index is 5.95. The predicted octanol–water partition coefficient (Wildman–Crippen LogP) is 3.10. The molecule has 0 radical (unpaired) electrons. The molecule has 1 aliphatic heterocycles. The number of halogens is 1. The molecule has 2 N–H and O–H groups in total. The van der Waals surface area contributed by atoms with Gasteiger partial charge < -0.3 is 5.73 Å². The molecule has 90 valence electrons. The molecule has 4 heteroatoms. The Morgan fingerprint density at radius 1 is 1.50 bits per heavy atom. The molecule has 1 aromatic rings. The lowest BCUT2D eigenvalue weighted by Gasteiger charge is -2.26. The summed E-state index contributed by atoms with van der Waals surface area (Å²) in [5.74, 6) is 1.57. The highest BCUT2D eigenvalue weighted by molar-refractivity contribution is 9.10. The van der Waals surface area contributed by atoms with E-state index in [4.69, 9.17) is 5.73 Å². The van der Waals surface area contributed by atoms with Gasteiger partial charge in [-0.05, 0) is 39.2 Å². The van der Waals surface area contributed by atoms with E-state index >= 15 is 0 Å². The summed E-state index contributed by atoms with van der Waals surface area (Å²) in [5.41, 5.74) is 5.95. The van der Waals surface area contributed by atoms with E-state index in [1.54, 1.807) is 11.3 Å². The highest BCUT2D eigenvalue weighted by Crippen LogP contribution is 2.36. The SMILES string of the molecule is CC1CN(C(CN)c2sccc2Br)CC1C. The number of nitrogens with two attached hydrogens (primary N) is 1. The van der Waals surface area contributed by atoms with E-state index in [1.807, 2.05) is 0 Å². The summed E-state index contributed by atoms with van der Waals surface area (Å²) >= 11 is 5.42. The molecule has 2 rings (SSSR count). The molecule has 1 fully saturated rings. The fraction of sp³-hybridized carbons (Fsp3) is 0.667. The van der Waals surface area contributed by atoms with Crippen molar-refractivity contribution in [3.8, 4) is 0 Å². The first-order valence-electron chi connectivity index (χ1n) is 5.80. The molecule has 2 nitrogen and oxygen atoms in total. The van der Waals surface area contributed by atoms with Gasteiger partial charge in [0.25, 0.3) is 0 Å². The maximum atomic E-state index is 5.95. The van der Waals surface area contributed by atoms with Crippen molar-refractivity contribution in [2.45, 2.75) is 19.9 Å². The van der Waals surface area contributed by atoms with E-state index in [2.05, 4.69) is 46.1 Å². The Bertz CT molecular complexity index is 343. The zero-order valence-corrected chi connectivity index (χ0v) is 12.2. The van der Waals surface area contributed by atoms with Crippen molar-refractivity contribution in [3.63, 3.8) is 0 Å². The second-order valence-corrected chi connectivity index (χ2v) is 6.59. The normalized spacial score (nSPS) is 28.5. The third-order valence-electron chi connectivity index (χ3n) is 3.63. The molecule has 0 aromatic carbocycles.